The van der Waals surface area contributed by atoms with Crippen LogP contribution in [0.5, 0.6) is 0 Å². The number of nitrogens with zero attached hydrogens (tertiary/aromatic N) is 1. The number of likely N-dealkylation sites (tertiary alicyclic amines) is 1. The molecule has 1 saturated heterocycles. The monoisotopic (exact) mass is 408 g/mol. The van der Waals surface area contributed by atoms with Gasteiger partial charge in [-0.25, -0.2) is 8.78 Å². The van der Waals surface area contributed by atoms with Crippen LogP contribution in [-0.2, 0) is 11.3 Å². The number of hydrogen-bond acceptors (Lipinski definition) is 2. The van der Waals surface area contributed by atoms with Crippen molar-refractivity contribution in [3.8, 4) is 0 Å². The van der Waals surface area contributed by atoms with Gasteiger partial charge in [-0.15, -0.1) is 0 Å². The number of nitrogens with one attached hydrogen (secondary N) is 1. The summed E-state index contributed by atoms with van der Waals surface area (Å²) in [5.41, 5.74) is 1.48. The van der Waals surface area contributed by atoms with Crippen LogP contribution in [0.15, 0.2) is 46.9 Å². The van der Waals surface area contributed by atoms with Gasteiger partial charge in [0, 0.05) is 29.3 Å². The van der Waals surface area contributed by atoms with Crippen molar-refractivity contribution < 1.29 is 13.6 Å². The first-order valence-electron chi connectivity index (χ1n) is 8.24. The Labute approximate surface area is 154 Å². The summed E-state index contributed by atoms with van der Waals surface area (Å²) in [7, 11) is 0. The highest BCUT2D eigenvalue weighted by molar-refractivity contribution is 9.10. The highest BCUT2D eigenvalue weighted by Gasteiger charge is 2.26. The lowest BCUT2D eigenvalue weighted by atomic mass is 9.96. The Morgan fingerprint density at radius 3 is 2.64 bits per heavy atom. The van der Waals surface area contributed by atoms with Crippen molar-refractivity contribution in [1.82, 2.24) is 4.90 Å². The molecule has 3 nitrogen and oxygen atoms in total. The number of benzene rings is 2. The predicted molar refractivity (Wildman–Crippen MR) is 97.1 cm³/mol. The summed E-state index contributed by atoms with van der Waals surface area (Å²) in [6.45, 7) is 2.40. The van der Waals surface area contributed by atoms with Crippen molar-refractivity contribution in [2.24, 2.45) is 5.92 Å². The molecule has 25 heavy (non-hydrogen) atoms. The highest BCUT2D eigenvalue weighted by atomic mass is 79.9. The Bertz CT molecular complexity index is 752. The van der Waals surface area contributed by atoms with E-state index in [1.165, 1.54) is 11.6 Å². The molecule has 3 rings (SSSR count). The Balaban J connectivity index is 1.59. The van der Waals surface area contributed by atoms with Crippen LogP contribution in [0.25, 0.3) is 0 Å². The van der Waals surface area contributed by atoms with Crippen LogP contribution in [0, 0.1) is 17.6 Å². The molecule has 1 unspecified atom stereocenters. The molecule has 1 amide bonds. The number of carbonyl (C=O) groups is 1. The number of halogens is 3. The smallest absolute Gasteiger partial charge is 0.228 e. The molecule has 1 aliphatic heterocycles. The summed E-state index contributed by atoms with van der Waals surface area (Å²) in [5.74, 6) is -2.18. The molecule has 1 heterocycles. The van der Waals surface area contributed by atoms with Gasteiger partial charge in [0.15, 0.2) is 11.6 Å². The average Bonchev–Trinajstić information content (AvgIpc) is 2.60. The third-order valence-corrected chi connectivity index (χ3v) is 4.91. The molecule has 1 fully saturated rings. The topological polar surface area (TPSA) is 32.3 Å². The average molecular weight is 409 g/mol. The fraction of sp³-hybridized carbons (Fsp3) is 0.316. The van der Waals surface area contributed by atoms with Crippen molar-refractivity contribution >= 4 is 27.5 Å². The van der Waals surface area contributed by atoms with Crippen LogP contribution >= 0.6 is 15.9 Å². The second kappa shape index (κ2) is 8.06. The Morgan fingerprint density at radius 1 is 1.16 bits per heavy atom. The maximum absolute atomic E-state index is 13.3. The molecule has 0 radical (unpaired) electrons. The van der Waals surface area contributed by atoms with Gasteiger partial charge in [0.05, 0.1) is 5.92 Å². The quantitative estimate of drug-likeness (QED) is 0.802. The maximum atomic E-state index is 13.3. The third-order valence-electron chi connectivity index (χ3n) is 4.38. The molecule has 0 aliphatic carbocycles. The minimum atomic E-state index is -0.960. The van der Waals surface area contributed by atoms with Gasteiger partial charge in [-0.3, -0.25) is 9.69 Å². The first-order chi connectivity index (χ1) is 12.0. The molecular weight excluding hydrogens is 390 g/mol. The second-order valence-corrected chi connectivity index (χ2v) is 7.23. The van der Waals surface area contributed by atoms with Crippen LogP contribution in [0.3, 0.4) is 0 Å². The van der Waals surface area contributed by atoms with E-state index in [1.54, 1.807) is 0 Å². The molecule has 1 atom stereocenters. The van der Waals surface area contributed by atoms with E-state index in [2.05, 4.69) is 38.3 Å². The fourth-order valence-corrected chi connectivity index (χ4v) is 3.34. The number of carbonyl (C=O) groups excluding carboxylic acids is 1. The highest BCUT2D eigenvalue weighted by Crippen LogP contribution is 2.22. The van der Waals surface area contributed by atoms with Crippen molar-refractivity contribution in [1.29, 1.82) is 0 Å². The molecule has 6 heteroatoms. The Kier molecular flexibility index (Phi) is 5.81. The summed E-state index contributed by atoms with van der Waals surface area (Å²) in [5, 5.41) is 2.69. The lowest BCUT2D eigenvalue weighted by molar-refractivity contribution is -0.121. The molecular formula is C19H19BrF2N2O. The normalized spacial score (nSPS) is 18.1. The van der Waals surface area contributed by atoms with E-state index >= 15 is 0 Å². The summed E-state index contributed by atoms with van der Waals surface area (Å²) in [6, 6.07) is 11.5. The summed E-state index contributed by atoms with van der Waals surface area (Å²) in [4.78, 5) is 14.7. The van der Waals surface area contributed by atoms with Crippen molar-refractivity contribution in [2.45, 2.75) is 19.4 Å². The van der Waals surface area contributed by atoms with Gasteiger partial charge < -0.3 is 5.32 Å². The Morgan fingerprint density at radius 2 is 1.92 bits per heavy atom. The summed E-state index contributed by atoms with van der Waals surface area (Å²) < 4.78 is 27.3. The van der Waals surface area contributed by atoms with Gasteiger partial charge in [-0.1, -0.05) is 28.1 Å². The molecule has 1 aliphatic rings. The van der Waals surface area contributed by atoms with E-state index in [0.29, 0.717) is 6.54 Å². The fourth-order valence-electron chi connectivity index (χ4n) is 3.08. The van der Waals surface area contributed by atoms with Gasteiger partial charge in [-0.05, 0) is 49.2 Å². The molecule has 0 bridgehead atoms. The van der Waals surface area contributed by atoms with Crippen molar-refractivity contribution in [2.75, 3.05) is 18.4 Å². The van der Waals surface area contributed by atoms with Crippen molar-refractivity contribution in [3.05, 3.63) is 64.1 Å². The summed E-state index contributed by atoms with van der Waals surface area (Å²) in [6.07, 6.45) is 1.73. The van der Waals surface area contributed by atoms with Gasteiger partial charge in [0.1, 0.15) is 0 Å². The zero-order valence-corrected chi connectivity index (χ0v) is 15.2. The first kappa shape index (κ1) is 18.0. The Hall–Kier alpha value is -1.79. The van der Waals surface area contributed by atoms with Gasteiger partial charge in [0.25, 0.3) is 0 Å². The molecule has 0 spiro atoms. The van der Waals surface area contributed by atoms with Gasteiger partial charge in [-0.2, -0.15) is 0 Å². The molecule has 0 aromatic heterocycles. The van der Waals surface area contributed by atoms with Crippen LogP contribution in [0.4, 0.5) is 14.5 Å². The molecule has 2 aromatic rings. The standard InChI is InChI=1S/C19H19BrF2N2O/c20-15-5-3-13(4-6-15)11-24-9-1-2-14(12-24)19(25)23-16-7-8-17(21)18(22)10-16/h3-8,10,14H,1-2,9,11-12H2,(H,23,25). The molecule has 2 aromatic carbocycles. The maximum Gasteiger partial charge on any atom is 0.228 e. The van der Waals surface area contributed by atoms with Crippen LogP contribution in [0.2, 0.25) is 0 Å². The number of amides is 1. The summed E-state index contributed by atoms with van der Waals surface area (Å²) >= 11 is 3.42. The van der Waals surface area contributed by atoms with E-state index in [-0.39, 0.29) is 17.5 Å². The lowest BCUT2D eigenvalue weighted by Crippen LogP contribution is -2.40. The molecule has 0 saturated carbocycles. The van der Waals surface area contributed by atoms with E-state index < -0.39 is 11.6 Å². The largest absolute Gasteiger partial charge is 0.326 e. The van der Waals surface area contributed by atoms with E-state index in [0.717, 1.165) is 42.5 Å². The first-order valence-corrected chi connectivity index (χ1v) is 9.03. The minimum absolute atomic E-state index is 0.147. The zero-order chi connectivity index (χ0) is 17.8. The van der Waals surface area contributed by atoms with Crippen molar-refractivity contribution in [3.63, 3.8) is 0 Å². The third kappa shape index (κ3) is 4.86. The molecule has 132 valence electrons. The van der Waals surface area contributed by atoms with Crippen LogP contribution < -0.4 is 5.32 Å². The second-order valence-electron chi connectivity index (χ2n) is 6.32. The van der Waals surface area contributed by atoms with E-state index in [1.807, 2.05) is 12.1 Å². The number of hydrogen-bond donors (Lipinski definition) is 1. The van der Waals surface area contributed by atoms with Gasteiger partial charge in [0.2, 0.25) is 5.91 Å². The zero-order valence-electron chi connectivity index (χ0n) is 13.6. The lowest BCUT2D eigenvalue weighted by Gasteiger charge is -2.32. The van der Waals surface area contributed by atoms with Crippen LogP contribution in [0.1, 0.15) is 18.4 Å². The van der Waals surface area contributed by atoms with Crippen LogP contribution in [-0.4, -0.2) is 23.9 Å². The van der Waals surface area contributed by atoms with E-state index in [4.69, 9.17) is 0 Å². The molecule has 1 N–H and O–H groups in total. The number of piperidine rings is 1. The predicted octanol–water partition coefficient (Wildman–Crippen LogP) is 4.58. The van der Waals surface area contributed by atoms with Gasteiger partial charge >= 0.3 is 0 Å². The number of rotatable bonds is 4. The minimum Gasteiger partial charge on any atom is -0.326 e. The number of anilines is 1. The van der Waals surface area contributed by atoms with E-state index in [9.17, 15) is 13.6 Å². The SMILES string of the molecule is O=C(Nc1ccc(F)c(F)c1)C1CCCN(Cc2ccc(Br)cc2)C1.